The van der Waals surface area contributed by atoms with Crippen LogP contribution in [0.5, 0.6) is 11.5 Å². The lowest BCUT2D eigenvalue weighted by molar-refractivity contribution is -0.109. The standard InChI is InChI=1S/C23H31NO3.C20H32ClNO3/c1-26-17-8-7-15-23(25,19-10-9-16-24-18-19)21-13-5-6-14-22(21)27-20-11-3-2-4-12-20;1-24-13-3-2-10-20(25-14-6-12-23,18-8-5-11-22-16-18)17-7-4-9-19(21)15-17/h2-6,11-14,19,24-25H,7-10,15-18H2,1H3;4,7,9,15,18,22-23H,2-3,5-6,8,10-14,16H2,1H3/t19-,23+;18-,20?/m11/s1. The van der Waals surface area contributed by atoms with Crippen LogP contribution in [0.25, 0.3) is 0 Å². The molecule has 4 N–H and O–H groups in total. The number of ether oxygens (including phenoxy) is 4. The van der Waals surface area contributed by atoms with E-state index in [9.17, 15) is 10.2 Å². The number of piperidine rings is 2. The first-order chi connectivity index (χ1) is 25.5. The van der Waals surface area contributed by atoms with Crippen molar-refractivity contribution in [1.29, 1.82) is 0 Å². The molecule has 0 spiro atoms. The molecule has 8 nitrogen and oxygen atoms in total. The van der Waals surface area contributed by atoms with Crippen molar-refractivity contribution in [2.24, 2.45) is 11.8 Å². The van der Waals surface area contributed by atoms with Crippen LogP contribution in [0.15, 0.2) is 78.9 Å². The predicted octanol–water partition coefficient (Wildman–Crippen LogP) is 8.23. The molecule has 9 heteroatoms. The first kappa shape index (κ1) is 42.2. The molecule has 3 aromatic rings. The number of rotatable bonds is 20. The number of aliphatic hydroxyl groups is 2. The van der Waals surface area contributed by atoms with Gasteiger partial charge in [-0.05, 0) is 120 Å². The van der Waals surface area contributed by atoms with Crippen molar-refractivity contribution >= 4 is 11.6 Å². The molecule has 52 heavy (non-hydrogen) atoms. The summed E-state index contributed by atoms with van der Waals surface area (Å²) in [7, 11) is 3.47. The lowest BCUT2D eigenvalue weighted by Crippen LogP contribution is -2.46. The first-order valence-corrected chi connectivity index (χ1v) is 19.8. The molecule has 2 fully saturated rings. The number of para-hydroxylation sites is 2. The SMILES string of the molecule is COCCCCC(OCCCO)(c1cccc(Cl)c1)[C@@H]1CCCNC1.COCCCC[C@@](O)(c1ccccc1Oc1ccccc1)[C@@H]1CCCNC1. The molecular formula is C43H63ClN2O6. The van der Waals surface area contributed by atoms with Gasteiger partial charge in [-0.25, -0.2) is 0 Å². The van der Waals surface area contributed by atoms with Crippen molar-refractivity contribution < 1.29 is 29.2 Å². The van der Waals surface area contributed by atoms with E-state index in [1.54, 1.807) is 14.2 Å². The summed E-state index contributed by atoms with van der Waals surface area (Å²) in [5.41, 5.74) is 0.775. The number of methoxy groups -OCH3 is 2. The van der Waals surface area contributed by atoms with E-state index in [0.717, 1.165) is 125 Å². The monoisotopic (exact) mass is 738 g/mol. The normalized spacial score (nSPS) is 19.9. The summed E-state index contributed by atoms with van der Waals surface area (Å²) in [5.74, 6) is 2.10. The highest BCUT2D eigenvalue weighted by Crippen LogP contribution is 2.44. The Kier molecular flexibility index (Phi) is 18.9. The average molecular weight is 739 g/mol. The van der Waals surface area contributed by atoms with Crippen LogP contribution in [0.1, 0.15) is 81.8 Å². The zero-order chi connectivity index (χ0) is 36.9. The van der Waals surface area contributed by atoms with Gasteiger partial charge in [0.2, 0.25) is 0 Å². The molecule has 4 atom stereocenters. The quantitative estimate of drug-likeness (QED) is 0.0861. The predicted molar refractivity (Wildman–Crippen MR) is 210 cm³/mol. The molecule has 0 aliphatic carbocycles. The van der Waals surface area contributed by atoms with Crippen LogP contribution in [0.4, 0.5) is 0 Å². The maximum atomic E-state index is 11.9. The highest BCUT2D eigenvalue weighted by molar-refractivity contribution is 6.30. The van der Waals surface area contributed by atoms with Crippen LogP contribution in [0.3, 0.4) is 0 Å². The third kappa shape index (κ3) is 12.5. The van der Waals surface area contributed by atoms with E-state index in [2.05, 4.69) is 16.7 Å². The zero-order valence-corrected chi connectivity index (χ0v) is 32.3. The van der Waals surface area contributed by atoms with Crippen molar-refractivity contribution in [3.8, 4) is 11.5 Å². The highest BCUT2D eigenvalue weighted by Gasteiger charge is 2.42. The molecule has 0 radical (unpaired) electrons. The molecule has 2 heterocycles. The van der Waals surface area contributed by atoms with Crippen LogP contribution in [0, 0.1) is 11.8 Å². The van der Waals surface area contributed by atoms with Crippen LogP contribution in [0.2, 0.25) is 5.02 Å². The summed E-state index contributed by atoms with van der Waals surface area (Å²) in [6, 6.07) is 25.8. The lowest BCUT2D eigenvalue weighted by atomic mass is 9.74. The Balaban J connectivity index is 0.000000234. The van der Waals surface area contributed by atoms with Crippen molar-refractivity contribution in [3.05, 3.63) is 95.0 Å². The Labute approximate surface area is 317 Å². The summed E-state index contributed by atoms with van der Waals surface area (Å²) in [6.45, 7) is 6.09. The second-order valence-electron chi connectivity index (χ2n) is 14.1. The van der Waals surface area contributed by atoms with Gasteiger partial charge in [-0.1, -0.05) is 60.1 Å². The third-order valence-electron chi connectivity index (χ3n) is 10.5. The molecule has 0 bridgehead atoms. The molecule has 288 valence electrons. The number of nitrogens with one attached hydrogen (secondary N) is 2. The fourth-order valence-electron chi connectivity index (χ4n) is 7.80. The van der Waals surface area contributed by atoms with Crippen LogP contribution < -0.4 is 15.4 Å². The Morgan fingerprint density at radius 2 is 1.38 bits per heavy atom. The lowest BCUT2D eigenvalue weighted by Gasteiger charge is -2.43. The fourth-order valence-corrected chi connectivity index (χ4v) is 7.99. The van der Waals surface area contributed by atoms with E-state index in [0.29, 0.717) is 25.4 Å². The van der Waals surface area contributed by atoms with Gasteiger partial charge in [0.1, 0.15) is 11.5 Å². The number of hydrogen-bond acceptors (Lipinski definition) is 8. The minimum Gasteiger partial charge on any atom is -0.457 e. The number of unbranched alkanes of at least 4 members (excludes halogenated alkanes) is 2. The van der Waals surface area contributed by atoms with E-state index < -0.39 is 5.60 Å². The molecule has 0 aromatic heterocycles. The molecule has 2 aliphatic rings. The largest absolute Gasteiger partial charge is 0.457 e. The highest BCUT2D eigenvalue weighted by atomic mass is 35.5. The Morgan fingerprint density at radius 1 is 0.731 bits per heavy atom. The van der Waals surface area contributed by atoms with Gasteiger partial charge in [0, 0.05) is 76.2 Å². The van der Waals surface area contributed by atoms with E-state index in [-0.39, 0.29) is 18.1 Å². The Morgan fingerprint density at radius 3 is 2.02 bits per heavy atom. The Hall–Kier alpha value is -2.53. The molecular weight excluding hydrogens is 676 g/mol. The maximum Gasteiger partial charge on any atom is 0.133 e. The van der Waals surface area contributed by atoms with Gasteiger partial charge in [0.15, 0.2) is 0 Å². The molecule has 1 unspecified atom stereocenters. The molecule has 3 aromatic carbocycles. The summed E-state index contributed by atoms with van der Waals surface area (Å²) in [4.78, 5) is 0. The summed E-state index contributed by atoms with van der Waals surface area (Å²) in [6.07, 6.45) is 10.6. The van der Waals surface area contributed by atoms with Gasteiger partial charge < -0.3 is 39.8 Å². The average Bonchev–Trinajstić information content (AvgIpc) is 3.19. The summed E-state index contributed by atoms with van der Waals surface area (Å²) in [5, 5.41) is 28.8. The molecule has 0 saturated carbocycles. The van der Waals surface area contributed by atoms with Gasteiger partial charge in [-0.15, -0.1) is 0 Å². The van der Waals surface area contributed by atoms with Crippen molar-refractivity contribution in [2.45, 2.75) is 81.8 Å². The summed E-state index contributed by atoms with van der Waals surface area (Å²) >= 11 is 6.30. The van der Waals surface area contributed by atoms with Gasteiger partial charge in [-0.2, -0.15) is 0 Å². The van der Waals surface area contributed by atoms with Gasteiger partial charge in [0.05, 0.1) is 11.2 Å². The van der Waals surface area contributed by atoms with Crippen molar-refractivity contribution in [3.63, 3.8) is 0 Å². The smallest absolute Gasteiger partial charge is 0.133 e. The number of halogens is 1. The molecule has 2 saturated heterocycles. The topological polar surface area (TPSA) is 101 Å². The van der Waals surface area contributed by atoms with Crippen molar-refractivity contribution in [2.75, 3.05) is 66.8 Å². The zero-order valence-electron chi connectivity index (χ0n) is 31.5. The van der Waals surface area contributed by atoms with Crippen LogP contribution >= 0.6 is 11.6 Å². The second kappa shape index (κ2) is 23.3. The van der Waals surface area contributed by atoms with E-state index in [4.69, 9.17) is 30.5 Å². The van der Waals surface area contributed by atoms with Gasteiger partial charge in [-0.3, -0.25) is 0 Å². The van der Waals surface area contributed by atoms with Crippen LogP contribution in [-0.4, -0.2) is 77.0 Å². The minimum atomic E-state index is -0.910. The van der Waals surface area contributed by atoms with Gasteiger partial charge in [0.25, 0.3) is 0 Å². The minimum absolute atomic E-state index is 0.151. The van der Waals surface area contributed by atoms with E-state index in [1.807, 2.05) is 72.8 Å². The van der Waals surface area contributed by atoms with Crippen LogP contribution in [-0.2, 0) is 25.4 Å². The molecule has 0 amide bonds. The van der Waals surface area contributed by atoms with E-state index >= 15 is 0 Å². The third-order valence-corrected chi connectivity index (χ3v) is 10.8. The number of aliphatic hydroxyl groups excluding tert-OH is 1. The fraction of sp³-hybridized carbons (Fsp3) is 0.581. The first-order valence-electron chi connectivity index (χ1n) is 19.4. The summed E-state index contributed by atoms with van der Waals surface area (Å²) < 4.78 is 23.1. The second-order valence-corrected chi connectivity index (χ2v) is 14.6. The van der Waals surface area contributed by atoms with E-state index in [1.165, 1.54) is 0 Å². The van der Waals surface area contributed by atoms with Gasteiger partial charge >= 0.3 is 0 Å². The molecule has 2 aliphatic heterocycles. The number of benzene rings is 3. The molecule has 5 rings (SSSR count). The maximum absolute atomic E-state index is 11.9. The Bertz CT molecular complexity index is 1390. The number of hydrogen-bond donors (Lipinski definition) is 4. The van der Waals surface area contributed by atoms with Crippen molar-refractivity contribution in [1.82, 2.24) is 10.6 Å².